The van der Waals surface area contributed by atoms with Crippen LogP contribution in [0.25, 0.3) is 0 Å². The summed E-state index contributed by atoms with van der Waals surface area (Å²) in [4.78, 5) is 5.43. The van der Waals surface area contributed by atoms with Crippen molar-refractivity contribution in [1.82, 2.24) is 13.7 Å². The Morgan fingerprint density at radius 3 is 2.46 bits per heavy atom. The molecule has 0 radical (unpaired) electrons. The first-order chi connectivity index (χ1) is 12.4. The van der Waals surface area contributed by atoms with E-state index >= 15 is 0 Å². The average molecular weight is 404 g/mol. The highest BCUT2D eigenvalue weighted by Gasteiger charge is 2.33. The molecule has 11 heteroatoms. The second-order valence-corrected chi connectivity index (χ2v) is 8.28. The van der Waals surface area contributed by atoms with Crippen molar-refractivity contribution < 1.29 is 21.9 Å². The van der Waals surface area contributed by atoms with Gasteiger partial charge in [-0.1, -0.05) is 6.07 Å². The fraction of sp³-hybridized carbons (Fsp3) is 0.467. The molecular formula is C15H18F2N4O3S2. The van der Waals surface area contributed by atoms with Gasteiger partial charge in [-0.15, -0.1) is 0 Å². The molecule has 0 amide bonds. The number of aromatic nitrogens is 2. The van der Waals surface area contributed by atoms with Crippen molar-refractivity contribution >= 4 is 26.7 Å². The third-order valence-corrected chi connectivity index (χ3v) is 6.78. The minimum absolute atomic E-state index is 0.114. The highest BCUT2D eigenvalue weighted by Crippen LogP contribution is 2.25. The first-order valence-electron chi connectivity index (χ1n) is 7.94. The summed E-state index contributed by atoms with van der Waals surface area (Å²) in [5.74, 6) is -1.49. The minimum Gasteiger partial charge on any atom is -0.384 e. The van der Waals surface area contributed by atoms with Gasteiger partial charge in [-0.3, -0.25) is 0 Å². The zero-order chi connectivity index (χ0) is 18.7. The number of hydrogen-bond acceptors (Lipinski definition) is 7. The monoisotopic (exact) mass is 404 g/mol. The number of nitrogens with zero attached hydrogens (tertiary/aromatic N) is 4. The Morgan fingerprint density at radius 1 is 1.19 bits per heavy atom. The largest absolute Gasteiger partial charge is 0.384 e. The summed E-state index contributed by atoms with van der Waals surface area (Å²) in [7, 11) is -2.63. The van der Waals surface area contributed by atoms with Gasteiger partial charge in [0.15, 0.2) is 4.90 Å². The fourth-order valence-electron chi connectivity index (χ4n) is 2.65. The van der Waals surface area contributed by atoms with E-state index in [1.807, 2.05) is 4.90 Å². The van der Waals surface area contributed by atoms with Crippen LogP contribution in [0, 0.1) is 11.6 Å². The smallest absolute Gasteiger partial charge is 0.249 e. The molecule has 0 bridgehead atoms. The molecule has 0 unspecified atom stereocenters. The first-order valence-corrected chi connectivity index (χ1v) is 10.2. The van der Waals surface area contributed by atoms with E-state index in [4.69, 9.17) is 4.74 Å². The van der Waals surface area contributed by atoms with Crippen LogP contribution in [0.15, 0.2) is 23.1 Å². The first kappa shape index (κ1) is 19.1. The Kier molecular flexibility index (Phi) is 5.80. The van der Waals surface area contributed by atoms with E-state index in [-0.39, 0.29) is 13.1 Å². The average Bonchev–Trinajstić information content (AvgIpc) is 3.08. The normalized spacial score (nSPS) is 16.2. The lowest BCUT2D eigenvalue weighted by Gasteiger charge is -2.33. The fourth-order valence-corrected chi connectivity index (χ4v) is 4.94. The molecule has 2 aromatic rings. The van der Waals surface area contributed by atoms with Crippen LogP contribution in [0.2, 0.25) is 0 Å². The zero-order valence-electron chi connectivity index (χ0n) is 14.1. The predicted octanol–water partition coefficient (Wildman–Crippen LogP) is 1.52. The quantitative estimate of drug-likeness (QED) is 0.727. The van der Waals surface area contributed by atoms with Gasteiger partial charge in [-0.2, -0.15) is 8.68 Å². The van der Waals surface area contributed by atoms with Gasteiger partial charge in [-0.25, -0.2) is 22.2 Å². The predicted molar refractivity (Wildman–Crippen MR) is 92.8 cm³/mol. The molecule has 3 rings (SSSR count). The molecule has 7 nitrogen and oxygen atoms in total. The van der Waals surface area contributed by atoms with Crippen LogP contribution >= 0.6 is 11.5 Å². The molecule has 0 aliphatic carbocycles. The highest BCUT2D eigenvalue weighted by molar-refractivity contribution is 7.89. The Labute approximate surface area is 154 Å². The summed E-state index contributed by atoms with van der Waals surface area (Å²) >= 11 is 1.24. The molecule has 1 aromatic carbocycles. The summed E-state index contributed by atoms with van der Waals surface area (Å²) < 4.78 is 63.2. The molecule has 0 spiro atoms. The topological polar surface area (TPSA) is 75.6 Å². The summed E-state index contributed by atoms with van der Waals surface area (Å²) in [5, 5.41) is 0.699. The van der Waals surface area contributed by atoms with Crippen LogP contribution in [-0.4, -0.2) is 62.0 Å². The second kappa shape index (κ2) is 7.91. The number of sulfonamides is 1. The summed E-state index contributed by atoms with van der Waals surface area (Å²) in [6.07, 6.45) is 0.605. The van der Waals surface area contributed by atoms with Crippen molar-refractivity contribution in [2.45, 2.75) is 11.3 Å². The van der Waals surface area contributed by atoms with E-state index in [9.17, 15) is 17.2 Å². The van der Waals surface area contributed by atoms with Gasteiger partial charge in [0.25, 0.3) is 0 Å². The lowest BCUT2D eigenvalue weighted by Crippen LogP contribution is -2.49. The van der Waals surface area contributed by atoms with Crippen molar-refractivity contribution in [1.29, 1.82) is 0 Å². The maximum Gasteiger partial charge on any atom is 0.249 e. The maximum absolute atomic E-state index is 13.9. The lowest BCUT2D eigenvalue weighted by molar-refractivity contribution is 0.201. The molecule has 142 valence electrons. The van der Waals surface area contributed by atoms with Crippen LogP contribution in [0.4, 0.5) is 13.9 Å². The minimum atomic E-state index is -4.23. The zero-order valence-corrected chi connectivity index (χ0v) is 15.7. The summed E-state index contributed by atoms with van der Waals surface area (Å²) in [5.41, 5.74) is 0. The number of halogens is 2. The SMILES string of the molecule is COCCc1nsc(N2CCN(S(=O)(=O)c3c(F)cccc3F)CC2)n1. The van der Waals surface area contributed by atoms with Crippen LogP contribution < -0.4 is 4.90 Å². The molecule has 0 saturated carbocycles. The van der Waals surface area contributed by atoms with E-state index in [0.717, 1.165) is 22.5 Å². The Bertz CT molecular complexity index is 847. The highest BCUT2D eigenvalue weighted by atomic mass is 32.2. The van der Waals surface area contributed by atoms with Gasteiger partial charge in [-0.05, 0) is 12.1 Å². The molecule has 1 aliphatic heterocycles. The Hall–Kier alpha value is -1.69. The third kappa shape index (κ3) is 3.85. The Morgan fingerprint density at radius 2 is 1.85 bits per heavy atom. The standard InChI is InChI=1S/C15H18F2N4O3S2/c1-24-10-5-13-18-15(25-19-13)20-6-8-21(9-7-20)26(22,23)14-11(16)3-2-4-12(14)17/h2-4H,5-10H2,1H3. The van der Waals surface area contributed by atoms with E-state index in [1.54, 1.807) is 7.11 Å². The number of anilines is 1. The molecule has 0 atom stereocenters. The van der Waals surface area contributed by atoms with Gasteiger partial charge in [0.05, 0.1) is 6.61 Å². The maximum atomic E-state index is 13.9. The van der Waals surface area contributed by atoms with Gasteiger partial charge in [0.1, 0.15) is 17.5 Å². The van der Waals surface area contributed by atoms with Crippen molar-refractivity contribution in [3.63, 3.8) is 0 Å². The number of methoxy groups -OCH3 is 1. The van der Waals surface area contributed by atoms with Gasteiger partial charge >= 0.3 is 0 Å². The molecule has 1 saturated heterocycles. The number of ether oxygens (including phenoxy) is 1. The molecule has 1 aliphatic rings. The summed E-state index contributed by atoms with van der Waals surface area (Å²) in [6.45, 7) is 1.49. The molecule has 2 heterocycles. The molecule has 0 N–H and O–H groups in total. The Balaban J connectivity index is 1.69. The summed E-state index contributed by atoms with van der Waals surface area (Å²) in [6, 6.07) is 3.02. The van der Waals surface area contributed by atoms with Crippen molar-refractivity contribution in [2.24, 2.45) is 0 Å². The number of piperazine rings is 1. The third-order valence-electron chi connectivity index (χ3n) is 4.01. The number of rotatable bonds is 6. The molecule has 1 fully saturated rings. The molecule has 1 aromatic heterocycles. The van der Waals surface area contributed by atoms with Gasteiger partial charge < -0.3 is 9.64 Å². The van der Waals surface area contributed by atoms with Crippen LogP contribution in [0.5, 0.6) is 0 Å². The molecular weight excluding hydrogens is 386 g/mol. The van der Waals surface area contributed by atoms with E-state index in [0.29, 0.717) is 37.1 Å². The van der Waals surface area contributed by atoms with Crippen LogP contribution in [0.1, 0.15) is 5.82 Å². The van der Waals surface area contributed by atoms with E-state index in [1.165, 1.54) is 11.5 Å². The van der Waals surface area contributed by atoms with Gasteiger partial charge in [0.2, 0.25) is 15.2 Å². The second-order valence-electron chi connectivity index (χ2n) is 5.68. The van der Waals surface area contributed by atoms with Crippen LogP contribution in [-0.2, 0) is 21.2 Å². The van der Waals surface area contributed by atoms with E-state index in [2.05, 4.69) is 9.36 Å². The van der Waals surface area contributed by atoms with Crippen LogP contribution in [0.3, 0.4) is 0 Å². The van der Waals surface area contributed by atoms with Crippen molar-refractivity contribution in [3.8, 4) is 0 Å². The number of hydrogen-bond donors (Lipinski definition) is 0. The lowest BCUT2D eigenvalue weighted by atomic mass is 10.3. The van der Waals surface area contributed by atoms with Crippen molar-refractivity contribution in [3.05, 3.63) is 35.7 Å². The number of benzene rings is 1. The van der Waals surface area contributed by atoms with Crippen molar-refractivity contribution in [2.75, 3.05) is 44.8 Å². The van der Waals surface area contributed by atoms with E-state index < -0.39 is 26.6 Å². The molecule has 26 heavy (non-hydrogen) atoms. The van der Waals surface area contributed by atoms with Gasteiger partial charge in [0, 0.05) is 51.2 Å².